The van der Waals surface area contributed by atoms with Crippen molar-refractivity contribution in [3.63, 3.8) is 0 Å². The van der Waals surface area contributed by atoms with E-state index in [0.717, 1.165) is 25.2 Å². The molecule has 0 bridgehead atoms. The van der Waals surface area contributed by atoms with Gasteiger partial charge in [0, 0.05) is 0 Å². The first-order chi connectivity index (χ1) is 7.58. The van der Waals surface area contributed by atoms with E-state index in [1.54, 1.807) is 0 Å². The molecule has 1 rings (SSSR count). The second kappa shape index (κ2) is 6.57. The van der Waals surface area contributed by atoms with Crippen LogP contribution in [0.3, 0.4) is 0 Å². The summed E-state index contributed by atoms with van der Waals surface area (Å²) in [5.74, 6) is 2.42. The van der Waals surface area contributed by atoms with Crippen LogP contribution in [-0.2, 0) is 6.42 Å². The van der Waals surface area contributed by atoms with Crippen molar-refractivity contribution in [2.45, 2.75) is 40.5 Å². The maximum atomic E-state index is 5.74. The monoisotopic (exact) mass is 220 g/mol. The summed E-state index contributed by atoms with van der Waals surface area (Å²) in [4.78, 5) is 0. The van der Waals surface area contributed by atoms with Crippen molar-refractivity contribution in [1.29, 1.82) is 0 Å². The first-order valence-corrected chi connectivity index (χ1v) is 6.29. The van der Waals surface area contributed by atoms with Crippen LogP contribution in [0.4, 0.5) is 0 Å². The minimum absolute atomic E-state index is 0.700. The molecule has 0 aliphatic carbocycles. The van der Waals surface area contributed by atoms with E-state index in [-0.39, 0.29) is 0 Å². The average Bonchev–Trinajstić information content (AvgIpc) is 2.16. The lowest BCUT2D eigenvalue weighted by Crippen LogP contribution is -2.02. The smallest absolute Gasteiger partial charge is 0.119 e. The molecular weight excluding hydrogens is 196 g/mol. The normalized spacial score (nSPS) is 11.1. The van der Waals surface area contributed by atoms with Crippen molar-refractivity contribution in [3.05, 3.63) is 29.8 Å². The lowest BCUT2D eigenvalue weighted by molar-refractivity contribution is 0.289. The molecule has 0 spiro atoms. The summed E-state index contributed by atoms with van der Waals surface area (Å²) in [6.07, 6.45) is 2.25. The summed E-state index contributed by atoms with van der Waals surface area (Å²) in [6.45, 7) is 9.75. The predicted octanol–water partition coefficient (Wildman–Crippen LogP) is 4.31. The van der Waals surface area contributed by atoms with E-state index in [0.29, 0.717) is 11.8 Å². The minimum Gasteiger partial charge on any atom is -0.494 e. The van der Waals surface area contributed by atoms with Gasteiger partial charge in [-0.2, -0.15) is 0 Å². The first-order valence-electron chi connectivity index (χ1n) is 6.29. The molecule has 0 aliphatic rings. The van der Waals surface area contributed by atoms with Gasteiger partial charge in [0.05, 0.1) is 6.61 Å². The van der Waals surface area contributed by atoms with Gasteiger partial charge in [0.1, 0.15) is 5.75 Å². The average molecular weight is 220 g/mol. The van der Waals surface area contributed by atoms with E-state index in [1.807, 2.05) is 6.07 Å². The molecule has 0 saturated heterocycles. The van der Waals surface area contributed by atoms with Crippen molar-refractivity contribution < 1.29 is 4.74 Å². The van der Waals surface area contributed by atoms with Crippen molar-refractivity contribution in [2.75, 3.05) is 6.61 Å². The predicted molar refractivity (Wildman–Crippen MR) is 69.9 cm³/mol. The Bertz CT molecular complexity index is 302. The number of hydrogen-bond donors (Lipinski definition) is 0. The summed E-state index contributed by atoms with van der Waals surface area (Å²) in [7, 11) is 0. The third-order valence-electron chi connectivity index (χ3n) is 2.51. The Morgan fingerprint density at radius 3 is 2.44 bits per heavy atom. The van der Waals surface area contributed by atoms with Gasteiger partial charge in [-0.3, -0.25) is 0 Å². The van der Waals surface area contributed by atoms with Crippen LogP contribution in [0, 0.1) is 11.8 Å². The standard InChI is InChI=1S/C15H24O/c1-12(2)8-9-16-15-7-5-6-14(11-15)10-13(3)4/h5-7,11-13H,8-10H2,1-4H3. The highest BCUT2D eigenvalue weighted by molar-refractivity contribution is 5.28. The molecule has 0 amide bonds. The molecular formula is C15H24O. The fraction of sp³-hybridized carbons (Fsp3) is 0.600. The van der Waals surface area contributed by atoms with Gasteiger partial charge in [-0.15, -0.1) is 0 Å². The highest BCUT2D eigenvalue weighted by atomic mass is 16.5. The molecule has 0 fully saturated rings. The molecule has 0 aliphatic heterocycles. The first kappa shape index (κ1) is 13.1. The van der Waals surface area contributed by atoms with Gasteiger partial charge < -0.3 is 4.74 Å². The zero-order chi connectivity index (χ0) is 12.0. The molecule has 0 N–H and O–H groups in total. The quantitative estimate of drug-likeness (QED) is 0.694. The summed E-state index contributed by atoms with van der Waals surface area (Å²) in [5, 5.41) is 0. The SMILES string of the molecule is CC(C)CCOc1cccc(CC(C)C)c1. The van der Waals surface area contributed by atoms with Crippen molar-refractivity contribution >= 4 is 0 Å². The second-order valence-corrected chi connectivity index (χ2v) is 5.28. The molecule has 1 aromatic rings. The zero-order valence-corrected chi connectivity index (χ0v) is 11.0. The third kappa shape index (κ3) is 5.20. The molecule has 90 valence electrons. The number of rotatable bonds is 6. The van der Waals surface area contributed by atoms with Crippen molar-refractivity contribution in [3.8, 4) is 5.75 Å². The van der Waals surface area contributed by atoms with Crippen LogP contribution in [0.25, 0.3) is 0 Å². The molecule has 1 nitrogen and oxygen atoms in total. The lowest BCUT2D eigenvalue weighted by Gasteiger charge is -2.10. The molecule has 0 saturated carbocycles. The van der Waals surface area contributed by atoms with Crippen LogP contribution in [0.2, 0.25) is 0 Å². The Hall–Kier alpha value is -0.980. The molecule has 0 radical (unpaired) electrons. The topological polar surface area (TPSA) is 9.23 Å². The highest BCUT2D eigenvalue weighted by Crippen LogP contribution is 2.16. The molecule has 16 heavy (non-hydrogen) atoms. The van der Waals surface area contributed by atoms with Gasteiger partial charge in [-0.05, 0) is 42.4 Å². The van der Waals surface area contributed by atoms with E-state index in [2.05, 4.69) is 45.9 Å². The summed E-state index contributed by atoms with van der Waals surface area (Å²) >= 11 is 0. The van der Waals surface area contributed by atoms with Crippen LogP contribution in [0.15, 0.2) is 24.3 Å². The largest absolute Gasteiger partial charge is 0.494 e. The van der Waals surface area contributed by atoms with Crippen LogP contribution in [0.5, 0.6) is 5.75 Å². The molecule has 0 atom stereocenters. The van der Waals surface area contributed by atoms with Crippen LogP contribution in [-0.4, -0.2) is 6.61 Å². The van der Waals surface area contributed by atoms with Gasteiger partial charge >= 0.3 is 0 Å². The fourth-order valence-electron chi connectivity index (χ4n) is 1.65. The molecule has 0 heterocycles. The van der Waals surface area contributed by atoms with Crippen LogP contribution in [0.1, 0.15) is 39.7 Å². The lowest BCUT2D eigenvalue weighted by atomic mass is 10.0. The van der Waals surface area contributed by atoms with E-state index in [9.17, 15) is 0 Å². The van der Waals surface area contributed by atoms with Gasteiger partial charge in [0.25, 0.3) is 0 Å². The number of ether oxygens (including phenoxy) is 1. The molecule has 0 aromatic heterocycles. The summed E-state index contributed by atoms with van der Waals surface area (Å²) in [5.41, 5.74) is 1.37. The minimum atomic E-state index is 0.700. The van der Waals surface area contributed by atoms with Crippen LogP contribution < -0.4 is 4.74 Å². The van der Waals surface area contributed by atoms with E-state index >= 15 is 0 Å². The van der Waals surface area contributed by atoms with Crippen molar-refractivity contribution in [1.82, 2.24) is 0 Å². The Morgan fingerprint density at radius 1 is 1.06 bits per heavy atom. The number of hydrogen-bond acceptors (Lipinski definition) is 1. The highest BCUT2D eigenvalue weighted by Gasteiger charge is 2.00. The van der Waals surface area contributed by atoms with Gasteiger partial charge in [0.15, 0.2) is 0 Å². The van der Waals surface area contributed by atoms with E-state index < -0.39 is 0 Å². The Labute approximate surface area is 99.8 Å². The van der Waals surface area contributed by atoms with Gasteiger partial charge in [-0.25, -0.2) is 0 Å². The zero-order valence-electron chi connectivity index (χ0n) is 11.0. The maximum absolute atomic E-state index is 5.74. The number of benzene rings is 1. The molecule has 1 aromatic carbocycles. The second-order valence-electron chi connectivity index (χ2n) is 5.28. The van der Waals surface area contributed by atoms with Crippen LogP contribution >= 0.6 is 0 Å². The van der Waals surface area contributed by atoms with Gasteiger partial charge in [0.2, 0.25) is 0 Å². The van der Waals surface area contributed by atoms with Gasteiger partial charge in [-0.1, -0.05) is 39.8 Å². The fourth-order valence-corrected chi connectivity index (χ4v) is 1.65. The van der Waals surface area contributed by atoms with Crippen molar-refractivity contribution in [2.24, 2.45) is 11.8 Å². The Kier molecular flexibility index (Phi) is 5.37. The molecule has 0 unspecified atom stereocenters. The molecule has 1 heteroatoms. The van der Waals surface area contributed by atoms with E-state index in [4.69, 9.17) is 4.74 Å². The summed E-state index contributed by atoms with van der Waals surface area (Å²) < 4.78 is 5.74. The Morgan fingerprint density at radius 2 is 1.81 bits per heavy atom. The maximum Gasteiger partial charge on any atom is 0.119 e. The van der Waals surface area contributed by atoms with E-state index in [1.165, 1.54) is 5.56 Å². The Balaban J connectivity index is 2.47. The third-order valence-corrected chi connectivity index (χ3v) is 2.51. The summed E-state index contributed by atoms with van der Waals surface area (Å²) in [6, 6.07) is 8.47.